The molecule has 2 rings (SSSR count). The van der Waals surface area contributed by atoms with Crippen molar-refractivity contribution in [1.29, 1.82) is 0 Å². The predicted molar refractivity (Wildman–Crippen MR) is 82.5 cm³/mol. The number of nitrogens with one attached hydrogen (secondary N) is 2. The molecule has 0 heterocycles. The van der Waals surface area contributed by atoms with E-state index in [-0.39, 0.29) is 23.0 Å². The van der Waals surface area contributed by atoms with Gasteiger partial charge in [-0.1, -0.05) is 0 Å². The van der Waals surface area contributed by atoms with Crippen molar-refractivity contribution in [2.75, 3.05) is 30.9 Å². The van der Waals surface area contributed by atoms with Crippen LogP contribution < -0.4 is 15.5 Å². The SMILES string of the molecule is CNc1cc(N(C)C2CC2)c(C(=O)NCC(F)(F)F)cc1[N+](=O)[O-]. The molecule has 1 fully saturated rings. The number of carbonyl (C=O) groups excluding carboxylic acids is 1. The molecule has 0 atom stereocenters. The predicted octanol–water partition coefficient (Wildman–Crippen LogP) is 2.53. The van der Waals surface area contributed by atoms with Crippen molar-refractivity contribution >= 4 is 23.0 Å². The van der Waals surface area contributed by atoms with Crippen LogP contribution in [-0.2, 0) is 0 Å². The lowest BCUT2D eigenvalue weighted by molar-refractivity contribution is -0.383. The van der Waals surface area contributed by atoms with Crippen LogP contribution in [0.4, 0.5) is 30.2 Å². The molecule has 2 N–H and O–H groups in total. The van der Waals surface area contributed by atoms with Crippen LogP contribution in [0.2, 0.25) is 0 Å². The maximum Gasteiger partial charge on any atom is 0.405 e. The Hall–Kier alpha value is -2.52. The highest BCUT2D eigenvalue weighted by Crippen LogP contribution is 2.37. The monoisotopic (exact) mass is 346 g/mol. The molecule has 132 valence electrons. The first-order chi connectivity index (χ1) is 11.1. The summed E-state index contributed by atoms with van der Waals surface area (Å²) in [6, 6.07) is 2.59. The average molecular weight is 346 g/mol. The van der Waals surface area contributed by atoms with Crippen molar-refractivity contribution in [3.05, 3.63) is 27.8 Å². The van der Waals surface area contributed by atoms with Crippen LogP contribution in [0.5, 0.6) is 0 Å². The van der Waals surface area contributed by atoms with Gasteiger partial charge in [-0.25, -0.2) is 0 Å². The van der Waals surface area contributed by atoms with Crippen LogP contribution in [0.15, 0.2) is 12.1 Å². The van der Waals surface area contributed by atoms with Gasteiger partial charge in [0.2, 0.25) is 0 Å². The van der Waals surface area contributed by atoms with Gasteiger partial charge in [-0.2, -0.15) is 13.2 Å². The van der Waals surface area contributed by atoms with Crippen molar-refractivity contribution in [3.63, 3.8) is 0 Å². The number of hydrogen-bond donors (Lipinski definition) is 2. The van der Waals surface area contributed by atoms with Crippen molar-refractivity contribution < 1.29 is 22.9 Å². The number of nitro groups is 1. The largest absolute Gasteiger partial charge is 0.405 e. The number of nitrogens with zero attached hydrogens (tertiary/aromatic N) is 2. The zero-order chi connectivity index (χ0) is 18.1. The molecular formula is C14H17F3N4O3. The lowest BCUT2D eigenvalue weighted by Gasteiger charge is -2.23. The smallest absolute Gasteiger partial charge is 0.383 e. The zero-order valence-electron chi connectivity index (χ0n) is 13.1. The first kappa shape index (κ1) is 17.8. The van der Waals surface area contributed by atoms with Gasteiger partial charge >= 0.3 is 6.18 Å². The molecule has 10 heteroatoms. The van der Waals surface area contributed by atoms with Crippen LogP contribution in [0, 0.1) is 10.1 Å². The summed E-state index contributed by atoms with van der Waals surface area (Å²) >= 11 is 0. The van der Waals surface area contributed by atoms with Gasteiger partial charge in [-0.05, 0) is 18.9 Å². The number of alkyl halides is 3. The minimum atomic E-state index is -4.56. The molecule has 7 nitrogen and oxygen atoms in total. The summed E-state index contributed by atoms with van der Waals surface area (Å²) in [6.45, 7) is -1.50. The number of carbonyl (C=O) groups is 1. The molecule has 0 aliphatic heterocycles. The third-order valence-corrected chi connectivity index (χ3v) is 3.75. The van der Waals surface area contributed by atoms with Gasteiger partial charge in [0.05, 0.1) is 16.2 Å². The van der Waals surface area contributed by atoms with E-state index in [1.165, 1.54) is 13.1 Å². The molecule has 0 unspecified atom stereocenters. The summed E-state index contributed by atoms with van der Waals surface area (Å²) in [7, 11) is 3.20. The van der Waals surface area contributed by atoms with Crippen LogP contribution in [0.25, 0.3) is 0 Å². The van der Waals surface area contributed by atoms with Crippen molar-refractivity contribution in [3.8, 4) is 0 Å². The van der Waals surface area contributed by atoms with Crippen molar-refractivity contribution in [1.82, 2.24) is 5.32 Å². The van der Waals surface area contributed by atoms with Gasteiger partial charge in [-0.15, -0.1) is 0 Å². The number of benzene rings is 1. The maximum atomic E-state index is 12.3. The van der Waals surface area contributed by atoms with Crippen molar-refractivity contribution in [2.24, 2.45) is 0 Å². The molecule has 1 aromatic carbocycles. The standard InChI is InChI=1S/C14H17F3N4O3/c1-18-10-6-11(20(2)8-3-4-8)9(5-12(10)21(23)24)13(22)19-7-14(15,16)17/h5-6,8,18H,3-4,7H2,1-2H3,(H,19,22). The van der Waals surface area contributed by atoms with E-state index in [2.05, 4.69) is 5.32 Å². The first-order valence-electron chi connectivity index (χ1n) is 7.22. The third-order valence-electron chi connectivity index (χ3n) is 3.75. The summed E-state index contributed by atoms with van der Waals surface area (Å²) in [6.07, 6.45) is -2.77. The van der Waals surface area contributed by atoms with Crippen LogP contribution in [-0.4, -0.2) is 43.7 Å². The normalized spacial score (nSPS) is 14.2. The lowest BCUT2D eigenvalue weighted by Crippen LogP contribution is -2.35. The van der Waals surface area contributed by atoms with E-state index in [1.807, 2.05) is 0 Å². The quantitative estimate of drug-likeness (QED) is 0.610. The Bertz CT molecular complexity index is 659. The Morgan fingerprint density at radius 1 is 1.42 bits per heavy atom. The van der Waals surface area contributed by atoms with E-state index >= 15 is 0 Å². The van der Waals surface area contributed by atoms with Crippen LogP contribution in [0.3, 0.4) is 0 Å². The molecule has 1 aliphatic carbocycles. The second-order valence-electron chi connectivity index (χ2n) is 5.53. The summed E-state index contributed by atoms with van der Waals surface area (Å²) in [5.74, 6) is -0.999. The van der Waals surface area contributed by atoms with E-state index in [4.69, 9.17) is 0 Å². The molecule has 0 radical (unpaired) electrons. The molecule has 0 saturated heterocycles. The molecule has 24 heavy (non-hydrogen) atoms. The highest BCUT2D eigenvalue weighted by molar-refractivity contribution is 6.02. The highest BCUT2D eigenvalue weighted by atomic mass is 19.4. The van der Waals surface area contributed by atoms with Gasteiger partial charge in [0.25, 0.3) is 11.6 Å². The lowest BCUT2D eigenvalue weighted by atomic mass is 10.1. The zero-order valence-corrected chi connectivity index (χ0v) is 13.1. The summed E-state index contributed by atoms with van der Waals surface area (Å²) < 4.78 is 36.9. The van der Waals surface area contributed by atoms with Gasteiger partial charge in [0, 0.05) is 26.2 Å². The molecule has 0 aromatic heterocycles. The minimum absolute atomic E-state index is 0.153. The molecule has 0 spiro atoms. The van der Waals surface area contributed by atoms with Gasteiger partial charge in [-0.3, -0.25) is 14.9 Å². The fraction of sp³-hybridized carbons (Fsp3) is 0.500. The second-order valence-corrected chi connectivity index (χ2v) is 5.53. The number of rotatable bonds is 6. The minimum Gasteiger partial charge on any atom is -0.383 e. The van der Waals surface area contributed by atoms with Crippen LogP contribution >= 0.6 is 0 Å². The number of anilines is 2. The van der Waals surface area contributed by atoms with E-state index in [9.17, 15) is 28.1 Å². The van der Waals surface area contributed by atoms with Gasteiger partial charge < -0.3 is 15.5 Å². The molecule has 1 aromatic rings. The van der Waals surface area contributed by atoms with Gasteiger partial charge in [0.1, 0.15) is 12.2 Å². The first-order valence-corrected chi connectivity index (χ1v) is 7.22. The summed E-state index contributed by atoms with van der Waals surface area (Å²) in [5.41, 5.74) is 0.0175. The Morgan fingerprint density at radius 2 is 2.04 bits per heavy atom. The van der Waals surface area contributed by atoms with E-state index < -0.39 is 23.6 Å². The van der Waals surface area contributed by atoms with Crippen LogP contribution in [0.1, 0.15) is 23.2 Å². The van der Waals surface area contributed by atoms with Crippen molar-refractivity contribution in [2.45, 2.75) is 25.1 Å². The fourth-order valence-electron chi connectivity index (χ4n) is 2.34. The molecule has 1 amide bonds. The Labute approximate surface area is 136 Å². The molecule has 1 saturated carbocycles. The summed E-state index contributed by atoms with van der Waals surface area (Å²) in [4.78, 5) is 24.4. The molecule has 0 bridgehead atoms. The molecule has 1 aliphatic rings. The highest BCUT2D eigenvalue weighted by Gasteiger charge is 2.33. The summed E-state index contributed by atoms with van der Waals surface area (Å²) in [5, 5.41) is 15.6. The third kappa shape index (κ3) is 4.06. The fourth-order valence-corrected chi connectivity index (χ4v) is 2.34. The maximum absolute atomic E-state index is 12.3. The Balaban J connectivity index is 2.43. The number of amides is 1. The van der Waals surface area contributed by atoms with E-state index in [0.717, 1.165) is 18.9 Å². The topological polar surface area (TPSA) is 87.5 Å². The Kier molecular flexibility index (Phi) is 4.86. The average Bonchev–Trinajstić information content (AvgIpc) is 3.34. The number of halogens is 3. The Morgan fingerprint density at radius 3 is 2.50 bits per heavy atom. The van der Waals surface area contributed by atoms with E-state index in [1.54, 1.807) is 17.3 Å². The number of nitro benzene ring substituents is 1. The van der Waals surface area contributed by atoms with E-state index in [0.29, 0.717) is 5.69 Å². The number of hydrogen-bond acceptors (Lipinski definition) is 5. The molecular weight excluding hydrogens is 329 g/mol. The van der Waals surface area contributed by atoms with Gasteiger partial charge in [0.15, 0.2) is 0 Å². The second kappa shape index (κ2) is 6.54.